The zero-order valence-electron chi connectivity index (χ0n) is 9.78. The largest absolute Gasteiger partial charge is 0.465 e. The van der Waals surface area contributed by atoms with Crippen molar-refractivity contribution in [3.63, 3.8) is 0 Å². The van der Waals surface area contributed by atoms with E-state index in [0.717, 1.165) is 0 Å². The standard InChI is InChI=1S/C11H19NO3/c1-5-15-10(13)9(7-12)6-11(4,14)8(2)3/h8-9,14H,5-6H2,1-4H3. The first kappa shape index (κ1) is 13.9. The highest BCUT2D eigenvalue weighted by atomic mass is 16.5. The summed E-state index contributed by atoms with van der Waals surface area (Å²) >= 11 is 0. The van der Waals surface area contributed by atoms with E-state index in [9.17, 15) is 9.90 Å². The minimum atomic E-state index is -1.02. The van der Waals surface area contributed by atoms with E-state index < -0.39 is 17.5 Å². The van der Waals surface area contributed by atoms with Gasteiger partial charge in [0.15, 0.2) is 0 Å². The Morgan fingerprint density at radius 3 is 2.47 bits per heavy atom. The van der Waals surface area contributed by atoms with Crippen molar-refractivity contribution >= 4 is 5.97 Å². The van der Waals surface area contributed by atoms with Gasteiger partial charge in [0.25, 0.3) is 0 Å². The van der Waals surface area contributed by atoms with E-state index in [1.54, 1.807) is 13.8 Å². The molecule has 4 nitrogen and oxygen atoms in total. The van der Waals surface area contributed by atoms with Gasteiger partial charge in [-0.2, -0.15) is 5.26 Å². The van der Waals surface area contributed by atoms with E-state index in [1.165, 1.54) is 0 Å². The van der Waals surface area contributed by atoms with Gasteiger partial charge in [-0.15, -0.1) is 0 Å². The van der Waals surface area contributed by atoms with Gasteiger partial charge >= 0.3 is 5.97 Å². The molecule has 86 valence electrons. The summed E-state index contributed by atoms with van der Waals surface area (Å²) in [5, 5.41) is 18.8. The van der Waals surface area contributed by atoms with Gasteiger partial charge in [-0.05, 0) is 19.8 Å². The van der Waals surface area contributed by atoms with E-state index in [1.807, 2.05) is 19.9 Å². The smallest absolute Gasteiger partial charge is 0.323 e. The summed E-state index contributed by atoms with van der Waals surface area (Å²) in [6.07, 6.45) is 0.111. The molecule has 0 aromatic rings. The fourth-order valence-corrected chi connectivity index (χ4v) is 1.07. The number of carbonyl (C=O) groups is 1. The maximum absolute atomic E-state index is 11.3. The van der Waals surface area contributed by atoms with Crippen LogP contribution >= 0.6 is 0 Å². The molecule has 0 aromatic heterocycles. The Balaban J connectivity index is 4.48. The van der Waals surface area contributed by atoms with Crippen LogP contribution in [-0.2, 0) is 9.53 Å². The van der Waals surface area contributed by atoms with Crippen molar-refractivity contribution in [3.8, 4) is 6.07 Å². The van der Waals surface area contributed by atoms with Crippen molar-refractivity contribution in [3.05, 3.63) is 0 Å². The Morgan fingerprint density at radius 2 is 2.13 bits per heavy atom. The molecule has 0 amide bonds. The van der Waals surface area contributed by atoms with Crippen molar-refractivity contribution < 1.29 is 14.6 Å². The lowest BCUT2D eigenvalue weighted by Gasteiger charge is -2.28. The van der Waals surface area contributed by atoms with Crippen LogP contribution in [0.2, 0.25) is 0 Å². The second-order valence-corrected chi connectivity index (χ2v) is 4.15. The second kappa shape index (κ2) is 5.72. The average Bonchev–Trinajstić information content (AvgIpc) is 2.14. The molecule has 15 heavy (non-hydrogen) atoms. The van der Waals surface area contributed by atoms with Gasteiger partial charge in [0, 0.05) is 6.42 Å². The first-order chi connectivity index (χ1) is 6.85. The number of esters is 1. The van der Waals surface area contributed by atoms with Crippen molar-refractivity contribution in [1.82, 2.24) is 0 Å². The zero-order chi connectivity index (χ0) is 12.1. The quantitative estimate of drug-likeness (QED) is 0.702. The summed E-state index contributed by atoms with van der Waals surface area (Å²) in [6.45, 7) is 7.26. The molecule has 0 aliphatic rings. The Kier molecular flexibility index (Phi) is 5.31. The van der Waals surface area contributed by atoms with Gasteiger partial charge in [0.05, 0.1) is 18.3 Å². The molecular weight excluding hydrogens is 194 g/mol. The predicted octanol–water partition coefficient (Wildman–Crippen LogP) is 1.49. The van der Waals surface area contributed by atoms with Gasteiger partial charge in [-0.25, -0.2) is 0 Å². The van der Waals surface area contributed by atoms with E-state index in [-0.39, 0.29) is 18.9 Å². The molecule has 0 rings (SSSR count). The van der Waals surface area contributed by atoms with Gasteiger partial charge in [0.2, 0.25) is 0 Å². The lowest BCUT2D eigenvalue weighted by atomic mass is 9.84. The first-order valence-corrected chi connectivity index (χ1v) is 5.13. The molecule has 2 atom stereocenters. The van der Waals surface area contributed by atoms with E-state index >= 15 is 0 Å². The summed E-state index contributed by atoms with van der Waals surface area (Å²) in [4.78, 5) is 11.3. The minimum absolute atomic E-state index is 0.0113. The predicted molar refractivity (Wildman–Crippen MR) is 55.8 cm³/mol. The number of nitriles is 1. The Labute approximate surface area is 90.9 Å². The number of nitrogens with zero attached hydrogens (tertiary/aromatic N) is 1. The Hall–Kier alpha value is -1.08. The molecule has 0 radical (unpaired) electrons. The molecule has 4 heteroatoms. The van der Waals surface area contributed by atoms with Crippen LogP contribution in [0.3, 0.4) is 0 Å². The fourth-order valence-electron chi connectivity index (χ4n) is 1.07. The highest BCUT2D eigenvalue weighted by molar-refractivity contribution is 5.75. The van der Waals surface area contributed by atoms with Crippen LogP contribution in [0.25, 0.3) is 0 Å². The molecule has 0 aliphatic heterocycles. The van der Waals surface area contributed by atoms with E-state index in [0.29, 0.717) is 0 Å². The molecule has 0 fully saturated rings. The summed E-state index contributed by atoms with van der Waals surface area (Å²) in [7, 11) is 0. The van der Waals surface area contributed by atoms with Crippen LogP contribution < -0.4 is 0 Å². The van der Waals surface area contributed by atoms with Crippen LogP contribution in [0.1, 0.15) is 34.1 Å². The third kappa shape index (κ3) is 4.30. The van der Waals surface area contributed by atoms with E-state index in [4.69, 9.17) is 10.00 Å². The van der Waals surface area contributed by atoms with Crippen molar-refractivity contribution in [1.29, 1.82) is 5.26 Å². The number of hydrogen-bond acceptors (Lipinski definition) is 4. The number of ether oxygens (including phenoxy) is 1. The first-order valence-electron chi connectivity index (χ1n) is 5.13. The van der Waals surface area contributed by atoms with Gasteiger partial charge < -0.3 is 9.84 Å². The molecular formula is C11H19NO3. The molecule has 0 saturated carbocycles. The highest BCUT2D eigenvalue weighted by Crippen LogP contribution is 2.25. The monoisotopic (exact) mass is 213 g/mol. The highest BCUT2D eigenvalue weighted by Gasteiger charge is 2.32. The SMILES string of the molecule is CCOC(=O)C(C#N)CC(C)(O)C(C)C. The maximum atomic E-state index is 11.3. The molecule has 1 N–H and O–H groups in total. The summed E-state index contributed by atoms with van der Waals surface area (Å²) in [5.41, 5.74) is -1.02. The lowest BCUT2D eigenvalue weighted by Crippen LogP contribution is -2.35. The number of aliphatic hydroxyl groups is 1. The molecule has 0 aliphatic carbocycles. The molecule has 2 unspecified atom stereocenters. The van der Waals surface area contributed by atoms with Gasteiger partial charge in [-0.3, -0.25) is 4.79 Å². The third-order valence-corrected chi connectivity index (χ3v) is 2.59. The van der Waals surface area contributed by atoms with Crippen LogP contribution in [0, 0.1) is 23.2 Å². The van der Waals surface area contributed by atoms with Gasteiger partial charge in [0.1, 0.15) is 5.92 Å². The molecule has 0 aromatic carbocycles. The Bertz CT molecular complexity index is 253. The van der Waals surface area contributed by atoms with Crippen LogP contribution in [0.4, 0.5) is 0 Å². The number of hydrogen-bond donors (Lipinski definition) is 1. The summed E-state index contributed by atoms with van der Waals surface area (Å²) < 4.78 is 4.75. The van der Waals surface area contributed by atoms with Crippen molar-refractivity contribution in [2.24, 2.45) is 11.8 Å². The molecule has 0 saturated heterocycles. The summed E-state index contributed by atoms with van der Waals surface area (Å²) in [5.74, 6) is -1.45. The number of carbonyl (C=O) groups excluding carboxylic acids is 1. The summed E-state index contributed by atoms with van der Waals surface area (Å²) in [6, 6.07) is 1.86. The third-order valence-electron chi connectivity index (χ3n) is 2.59. The van der Waals surface area contributed by atoms with Crippen molar-refractivity contribution in [2.75, 3.05) is 6.61 Å². The van der Waals surface area contributed by atoms with Crippen molar-refractivity contribution in [2.45, 2.75) is 39.7 Å². The lowest BCUT2D eigenvalue weighted by molar-refractivity contribution is -0.148. The van der Waals surface area contributed by atoms with Crippen LogP contribution in [0.15, 0.2) is 0 Å². The topological polar surface area (TPSA) is 70.3 Å². The average molecular weight is 213 g/mol. The zero-order valence-corrected chi connectivity index (χ0v) is 9.78. The van der Waals surface area contributed by atoms with Crippen LogP contribution in [0.5, 0.6) is 0 Å². The van der Waals surface area contributed by atoms with Gasteiger partial charge in [-0.1, -0.05) is 13.8 Å². The number of rotatable bonds is 5. The normalized spacial score (nSPS) is 16.6. The van der Waals surface area contributed by atoms with E-state index in [2.05, 4.69) is 0 Å². The molecule has 0 bridgehead atoms. The molecule has 0 spiro atoms. The maximum Gasteiger partial charge on any atom is 0.323 e. The molecule has 0 heterocycles. The Morgan fingerprint density at radius 1 is 1.60 bits per heavy atom. The van der Waals surface area contributed by atoms with Crippen LogP contribution in [-0.4, -0.2) is 23.3 Å². The second-order valence-electron chi connectivity index (χ2n) is 4.15. The minimum Gasteiger partial charge on any atom is -0.465 e. The fraction of sp³-hybridized carbons (Fsp3) is 0.818.